The lowest BCUT2D eigenvalue weighted by Crippen LogP contribution is -2.01. The highest BCUT2D eigenvalue weighted by molar-refractivity contribution is 7.99. The summed E-state index contributed by atoms with van der Waals surface area (Å²) in [6.07, 6.45) is 0.528. The normalized spacial score (nSPS) is 10.2. The smallest absolute Gasteiger partial charge is 0.290 e. The maximum atomic E-state index is 11.6. The van der Waals surface area contributed by atoms with E-state index in [1.807, 2.05) is 0 Å². The molecule has 0 amide bonds. The molecule has 2 rings (SSSR count). The van der Waals surface area contributed by atoms with Crippen molar-refractivity contribution in [3.8, 4) is 17.2 Å². The van der Waals surface area contributed by atoms with Gasteiger partial charge in [-0.15, -0.1) is 0 Å². The van der Waals surface area contributed by atoms with Gasteiger partial charge in [-0.25, -0.2) is 0 Å². The van der Waals surface area contributed by atoms with E-state index in [0.29, 0.717) is 11.2 Å². The SMILES string of the molecule is COc1cc(Sc2ccc([N+](=O)[O-])cc2[N+](=O)[O-])c(C=O)c(OC)c1OC. The standard InChI is InChI=1S/C16H14N2O8S/c1-24-12-7-14(10(8-19)15(25-2)16(12)26-3)27-13-5-4-9(17(20)21)6-11(13)18(22)23/h4-8H,1-3H3. The Morgan fingerprint density at radius 2 is 1.59 bits per heavy atom. The number of nitro benzene ring substituents is 2. The summed E-state index contributed by atoms with van der Waals surface area (Å²) < 4.78 is 15.7. The number of rotatable bonds is 8. The third-order valence-corrected chi connectivity index (χ3v) is 4.64. The zero-order chi connectivity index (χ0) is 20.1. The molecule has 0 saturated carbocycles. The molecule has 11 heteroatoms. The van der Waals surface area contributed by atoms with Gasteiger partial charge in [0.15, 0.2) is 17.8 Å². The first-order valence-electron chi connectivity index (χ1n) is 7.26. The highest BCUT2D eigenvalue weighted by atomic mass is 32.2. The van der Waals surface area contributed by atoms with Gasteiger partial charge in [-0.3, -0.25) is 25.0 Å². The van der Waals surface area contributed by atoms with Gasteiger partial charge in [0.1, 0.15) is 0 Å². The zero-order valence-electron chi connectivity index (χ0n) is 14.5. The van der Waals surface area contributed by atoms with Gasteiger partial charge < -0.3 is 14.2 Å². The van der Waals surface area contributed by atoms with Gasteiger partial charge in [0, 0.05) is 11.0 Å². The second-order valence-electron chi connectivity index (χ2n) is 4.94. The Bertz CT molecular complexity index is 916. The molecule has 0 heterocycles. The van der Waals surface area contributed by atoms with Crippen molar-refractivity contribution in [3.05, 3.63) is 50.1 Å². The monoisotopic (exact) mass is 394 g/mol. The van der Waals surface area contributed by atoms with Crippen LogP contribution in [0.15, 0.2) is 34.1 Å². The number of hydrogen-bond acceptors (Lipinski definition) is 9. The second kappa shape index (κ2) is 8.36. The molecule has 0 saturated heterocycles. The van der Waals surface area contributed by atoms with Gasteiger partial charge in [0.25, 0.3) is 11.4 Å². The number of carbonyl (C=O) groups is 1. The van der Waals surface area contributed by atoms with E-state index in [4.69, 9.17) is 14.2 Å². The Morgan fingerprint density at radius 3 is 2.07 bits per heavy atom. The molecule has 0 unspecified atom stereocenters. The number of aldehydes is 1. The predicted octanol–water partition coefficient (Wildman–Crippen LogP) is 3.49. The van der Waals surface area contributed by atoms with Gasteiger partial charge in [0.2, 0.25) is 5.75 Å². The largest absolute Gasteiger partial charge is 0.493 e. The van der Waals surface area contributed by atoms with Crippen LogP contribution in [0.4, 0.5) is 11.4 Å². The molecule has 2 aromatic carbocycles. The predicted molar refractivity (Wildman–Crippen MR) is 95.4 cm³/mol. The van der Waals surface area contributed by atoms with Crippen molar-refractivity contribution in [2.75, 3.05) is 21.3 Å². The lowest BCUT2D eigenvalue weighted by molar-refractivity contribution is -0.396. The van der Waals surface area contributed by atoms with Crippen LogP contribution in [0.2, 0.25) is 0 Å². The van der Waals surface area contributed by atoms with Gasteiger partial charge in [-0.2, -0.15) is 0 Å². The molecule has 0 aliphatic rings. The summed E-state index contributed by atoms with van der Waals surface area (Å²) in [5.41, 5.74) is -0.765. The molecule has 2 aromatic rings. The van der Waals surface area contributed by atoms with Crippen molar-refractivity contribution < 1.29 is 28.9 Å². The van der Waals surface area contributed by atoms with E-state index in [0.717, 1.165) is 23.9 Å². The van der Waals surface area contributed by atoms with Gasteiger partial charge in [0.05, 0.1) is 47.7 Å². The van der Waals surface area contributed by atoms with Crippen LogP contribution in [-0.4, -0.2) is 37.5 Å². The second-order valence-corrected chi connectivity index (χ2v) is 6.03. The minimum atomic E-state index is -0.728. The fourth-order valence-electron chi connectivity index (χ4n) is 2.32. The molecule has 0 bridgehead atoms. The summed E-state index contributed by atoms with van der Waals surface area (Å²) in [5.74, 6) is 0.565. The average molecular weight is 394 g/mol. The van der Waals surface area contributed by atoms with Crippen molar-refractivity contribution in [1.29, 1.82) is 0 Å². The Hall–Kier alpha value is -3.34. The van der Waals surface area contributed by atoms with Crippen LogP contribution in [0.25, 0.3) is 0 Å². The molecule has 0 aliphatic carbocycles. The molecule has 27 heavy (non-hydrogen) atoms. The lowest BCUT2D eigenvalue weighted by Gasteiger charge is -2.16. The van der Waals surface area contributed by atoms with E-state index in [-0.39, 0.29) is 27.7 Å². The number of nitrogens with zero attached hydrogens (tertiary/aromatic N) is 2. The fraction of sp³-hybridized carbons (Fsp3) is 0.188. The van der Waals surface area contributed by atoms with Crippen LogP contribution < -0.4 is 14.2 Å². The first-order valence-corrected chi connectivity index (χ1v) is 8.08. The number of hydrogen-bond donors (Lipinski definition) is 0. The van der Waals surface area contributed by atoms with Crippen molar-refractivity contribution in [2.45, 2.75) is 9.79 Å². The molecule has 142 valence electrons. The summed E-state index contributed by atoms with van der Waals surface area (Å²) in [7, 11) is 4.11. The van der Waals surface area contributed by atoms with Crippen LogP contribution in [-0.2, 0) is 0 Å². The molecule has 0 spiro atoms. The third-order valence-electron chi connectivity index (χ3n) is 3.52. The Kier molecular flexibility index (Phi) is 6.19. The summed E-state index contributed by atoms with van der Waals surface area (Å²) >= 11 is 0.881. The summed E-state index contributed by atoms with van der Waals surface area (Å²) in [5, 5.41) is 22.2. The number of ether oxygens (including phenoxy) is 3. The van der Waals surface area contributed by atoms with Crippen molar-refractivity contribution in [3.63, 3.8) is 0 Å². The van der Waals surface area contributed by atoms with Crippen molar-refractivity contribution >= 4 is 29.4 Å². The Morgan fingerprint density at radius 1 is 0.926 bits per heavy atom. The lowest BCUT2D eigenvalue weighted by atomic mass is 10.2. The number of nitro groups is 2. The number of methoxy groups -OCH3 is 3. The Balaban J connectivity index is 2.65. The van der Waals surface area contributed by atoms with E-state index < -0.39 is 21.2 Å². The van der Waals surface area contributed by atoms with Gasteiger partial charge in [-0.05, 0) is 12.1 Å². The van der Waals surface area contributed by atoms with Crippen molar-refractivity contribution in [2.24, 2.45) is 0 Å². The number of non-ortho nitro benzene ring substituents is 1. The summed E-state index contributed by atoms with van der Waals surface area (Å²) in [4.78, 5) is 32.8. The highest BCUT2D eigenvalue weighted by Gasteiger charge is 2.25. The fourth-order valence-corrected chi connectivity index (χ4v) is 3.35. The van der Waals surface area contributed by atoms with Crippen LogP contribution in [0.5, 0.6) is 17.2 Å². The molecule has 0 N–H and O–H groups in total. The third kappa shape index (κ3) is 3.92. The molecular formula is C16H14N2O8S. The topological polar surface area (TPSA) is 131 Å². The molecular weight excluding hydrogens is 380 g/mol. The quantitative estimate of drug-likeness (QED) is 0.375. The molecule has 0 radical (unpaired) electrons. The van der Waals surface area contributed by atoms with Gasteiger partial charge in [-0.1, -0.05) is 11.8 Å². The Labute approximate surface area is 157 Å². The van der Waals surface area contributed by atoms with Crippen LogP contribution in [0.3, 0.4) is 0 Å². The minimum absolute atomic E-state index is 0.104. The van der Waals surface area contributed by atoms with Crippen LogP contribution in [0.1, 0.15) is 10.4 Å². The molecule has 0 aromatic heterocycles. The van der Waals surface area contributed by atoms with E-state index in [2.05, 4.69) is 0 Å². The zero-order valence-corrected chi connectivity index (χ0v) is 15.3. The number of benzene rings is 2. The molecule has 10 nitrogen and oxygen atoms in total. The first-order chi connectivity index (χ1) is 12.9. The van der Waals surface area contributed by atoms with Crippen molar-refractivity contribution in [1.82, 2.24) is 0 Å². The number of carbonyl (C=O) groups excluding carboxylic acids is 1. The molecule has 0 atom stereocenters. The minimum Gasteiger partial charge on any atom is -0.493 e. The highest BCUT2D eigenvalue weighted by Crippen LogP contribution is 2.47. The maximum Gasteiger partial charge on any atom is 0.290 e. The van der Waals surface area contributed by atoms with Crippen LogP contribution in [0, 0.1) is 20.2 Å². The summed E-state index contributed by atoms with van der Waals surface area (Å²) in [6, 6.07) is 4.73. The van der Waals surface area contributed by atoms with Gasteiger partial charge >= 0.3 is 0 Å². The van der Waals surface area contributed by atoms with E-state index in [9.17, 15) is 25.0 Å². The van der Waals surface area contributed by atoms with E-state index in [1.165, 1.54) is 33.5 Å². The van der Waals surface area contributed by atoms with Crippen LogP contribution >= 0.6 is 11.8 Å². The average Bonchev–Trinajstić information content (AvgIpc) is 2.66. The summed E-state index contributed by atoms with van der Waals surface area (Å²) in [6.45, 7) is 0. The van der Waals surface area contributed by atoms with E-state index in [1.54, 1.807) is 0 Å². The van der Waals surface area contributed by atoms with E-state index >= 15 is 0 Å². The molecule has 0 aliphatic heterocycles. The maximum absolute atomic E-state index is 11.6. The molecule has 0 fully saturated rings. The first kappa shape index (κ1) is 20.0.